The average molecular weight is 344 g/mol. The van der Waals surface area contributed by atoms with E-state index in [1.54, 1.807) is 24.1 Å². The molecule has 2 aromatic rings. The molecule has 2 N–H and O–H groups in total. The molecule has 1 heterocycles. The molecule has 0 unspecified atom stereocenters. The van der Waals surface area contributed by atoms with Gasteiger partial charge in [0, 0.05) is 18.8 Å². The van der Waals surface area contributed by atoms with Crippen LogP contribution in [-0.2, 0) is 5.60 Å². The molecule has 2 amide bonds. The van der Waals surface area contributed by atoms with Crippen LogP contribution >= 0.6 is 0 Å². The number of nitrogens with zero attached hydrogens (tertiary/aromatic N) is 1. The van der Waals surface area contributed by atoms with Gasteiger partial charge in [-0.2, -0.15) is 0 Å². The zero-order chi connectivity index (χ0) is 17.9. The van der Waals surface area contributed by atoms with Gasteiger partial charge in [0.25, 0.3) is 0 Å². The summed E-state index contributed by atoms with van der Waals surface area (Å²) in [6, 6.07) is 12.8. The van der Waals surface area contributed by atoms with Crippen LogP contribution in [0.3, 0.4) is 0 Å². The van der Waals surface area contributed by atoms with E-state index in [0.29, 0.717) is 37.4 Å². The van der Waals surface area contributed by atoms with Crippen molar-refractivity contribution in [2.45, 2.75) is 18.4 Å². The van der Waals surface area contributed by atoms with E-state index in [2.05, 4.69) is 5.32 Å². The lowest BCUT2D eigenvalue weighted by molar-refractivity contribution is -0.0158. The molecule has 0 radical (unpaired) electrons. The second kappa shape index (κ2) is 7.11. The molecule has 1 aliphatic rings. The van der Waals surface area contributed by atoms with Crippen LogP contribution in [0, 0.1) is 5.82 Å². The Morgan fingerprint density at radius 1 is 1.20 bits per heavy atom. The van der Waals surface area contributed by atoms with Crippen LogP contribution in [0.15, 0.2) is 48.5 Å². The topological polar surface area (TPSA) is 61.8 Å². The maximum absolute atomic E-state index is 13.2. The van der Waals surface area contributed by atoms with E-state index in [1.165, 1.54) is 12.1 Å². The Kier molecular flexibility index (Phi) is 4.90. The van der Waals surface area contributed by atoms with Gasteiger partial charge < -0.3 is 20.1 Å². The summed E-state index contributed by atoms with van der Waals surface area (Å²) in [5.41, 5.74) is 0.222. The van der Waals surface area contributed by atoms with Gasteiger partial charge in [0.2, 0.25) is 0 Å². The molecule has 3 rings (SSSR count). The van der Waals surface area contributed by atoms with E-state index in [1.807, 2.05) is 24.3 Å². The normalized spacial score (nSPS) is 16.4. The third-order valence-corrected chi connectivity index (χ3v) is 4.56. The summed E-state index contributed by atoms with van der Waals surface area (Å²) in [7, 11) is 1.59. The highest BCUT2D eigenvalue weighted by atomic mass is 19.1. The Morgan fingerprint density at radius 3 is 2.60 bits per heavy atom. The fraction of sp³-hybridized carbons (Fsp3) is 0.316. The summed E-state index contributed by atoms with van der Waals surface area (Å²) in [6.45, 7) is 0.823. The highest BCUT2D eigenvalue weighted by Gasteiger charge is 2.35. The molecule has 6 heteroatoms. The quantitative estimate of drug-likeness (QED) is 0.898. The average Bonchev–Trinajstić information content (AvgIpc) is 2.62. The molecular formula is C19H21FN2O3. The van der Waals surface area contributed by atoms with E-state index in [0.717, 1.165) is 5.56 Å². The van der Waals surface area contributed by atoms with Gasteiger partial charge in [0.1, 0.15) is 11.6 Å². The zero-order valence-electron chi connectivity index (χ0n) is 14.0. The smallest absolute Gasteiger partial charge is 0.321 e. The molecule has 0 spiro atoms. The van der Waals surface area contributed by atoms with E-state index < -0.39 is 11.4 Å². The third-order valence-electron chi connectivity index (χ3n) is 4.56. The number of nitrogens with one attached hydrogen (secondary N) is 1. The predicted octanol–water partition coefficient (Wildman–Crippen LogP) is 3.35. The number of aliphatic hydroxyl groups is 1. The number of hydrogen-bond acceptors (Lipinski definition) is 3. The monoisotopic (exact) mass is 344 g/mol. The van der Waals surface area contributed by atoms with Gasteiger partial charge in [-0.15, -0.1) is 0 Å². The lowest BCUT2D eigenvalue weighted by Gasteiger charge is -2.38. The molecule has 0 atom stereocenters. The molecule has 2 aromatic carbocycles. The first-order valence-corrected chi connectivity index (χ1v) is 8.18. The maximum atomic E-state index is 13.2. The molecule has 0 aliphatic carbocycles. The number of hydrogen-bond donors (Lipinski definition) is 2. The number of amides is 2. The highest BCUT2D eigenvalue weighted by molar-refractivity contribution is 5.89. The van der Waals surface area contributed by atoms with Gasteiger partial charge in [0.15, 0.2) is 0 Å². The lowest BCUT2D eigenvalue weighted by Crippen LogP contribution is -2.46. The van der Waals surface area contributed by atoms with Crippen molar-refractivity contribution in [2.75, 3.05) is 25.5 Å². The number of likely N-dealkylation sites (tertiary alicyclic amines) is 1. The van der Waals surface area contributed by atoms with Crippen LogP contribution in [0.1, 0.15) is 18.4 Å². The van der Waals surface area contributed by atoms with Crippen molar-refractivity contribution >= 4 is 11.7 Å². The molecule has 132 valence electrons. The summed E-state index contributed by atoms with van der Waals surface area (Å²) < 4.78 is 18.4. The molecule has 0 bridgehead atoms. The highest BCUT2D eigenvalue weighted by Crippen LogP contribution is 2.34. The molecule has 0 aromatic heterocycles. The van der Waals surface area contributed by atoms with E-state index in [9.17, 15) is 14.3 Å². The molecule has 25 heavy (non-hydrogen) atoms. The van der Waals surface area contributed by atoms with Crippen molar-refractivity contribution in [2.24, 2.45) is 0 Å². The molecule has 1 saturated heterocycles. The Morgan fingerprint density at radius 2 is 1.92 bits per heavy atom. The van der Waals surface area contributed by atoms with Crippen molar-refractivity contribution in [3.8, 4) is 5.75 Å². The minimum absolute atomic E-state index is 0.293. The van der Waals surface area contributed by atoms with Crippen molar-refractivity contribution in [1.29, 1.82) is 0 Å². The minimum Gasteiger partial charge on any atom is -0.497 e. The van der Waals surface area contributed by atoms with Gasteiger partial charge >= 0.3 is 6.03 Å². The Balaban J connectivity index is 1.63. The van der Waals surface area contributed by atoms with Crippen molar-refractivity contribution in [3.63, 3.8) is 0 Å². The molecule has 1 aliphatic heterocycles. The number of urea groups is 1. The third kappa shape index (κ3) is 3.91. The van der Waals surface area contributed by atoms with Crippen molar-refractivity contribution in [3.05, 3.63) is 59.9 Å². The number of piperidine rings is 1. The van der Waals surface area contributed by atoms with E-state index in [-0.39, 0.29) is 6.03 Å². The van der Waals surface area contributed by atoms with Gasteiger partial charge in [-0.05, 0) is 48.7 Å². The van der Waals surface area contributed by atoms with Gasteiger partial charge in [-0.25, -0.2) is 9.18 Å². The van der Waals surface area contributed by atoms with Gasteiger partial charge in [0.05, 0.1) is 12.7 Å². The number of carbonyl (C=O) groups excluding carboxylic acids is 1. The Hall–Kier alpha value is -2.60. The first-order valence-electron chi connectivity index (χ1n) is 8.18. The molecule has 5 nitrogen and oxygen atoms in total. The number of halogens is 1. The number of benzene rings is 2. The first-order chi connectivity index (χ1) is 12.0. The first kappa shape index (κ1) is 17.2. The van der Waals surface area contributed by atoms with Crippen LogP contribution in [-0.4, -0.2) is 36.2 Å². The fourth-order valence-corrected chi connectivity index (χ4v) is 3.05. The predicted molar refractivity (Wildman–Crippen MR) is 93.1 cm³/mol. The molecule has 1 fully saturated rings. The minimum atomic E-state index is -0.982. The largest absolute Gasteiger partial charge is 0.497 e. The van der Waals surface area contributed by atoms with Crippen LogP contribution in [0.4, 0.5) is 14.9 Å². The lowest BCUT2D eigenvalue weighted by atomic mass is 9.84. The van der Waals surface area contributed by atoms with Gasteiger partial charge in [-0.3, -0.25) is 0 Å². The summed E-state index contributed by atoms with van der Waals surface area (Å²) in [4.78, 5) is 13.9. The fourth-order valence-electron chi connectivity index (χ4n) is 3.05. The van der Waals surface area contributed by atoms with Crippen molar-refractivity contribution in [1.82, 2.24) is 4.90 Å². The second-order valence-corrected chi connectivity index (χ2v) is 6.19. The van der Waals surface area contributed by atoms with Crippen LogP contribution in [0.5, 0.6) is 5.75 Å². The number of carbonyl (C=O) groups is 1. The summed E-state index contributed by atoms with van der Waals surface area (Å²) in [5.74, 6) is 0.293. The van der Waals surface area contributed by atoms with E-state index in [4.69, 9.17) is 4.74 Å². The number of rotatable bonds is 3. The Labute approximate surface area is 146 Å². The molecular weight excluding hydrogens is 323 g/mol. The number of ether oxygens (including phenoxy) is 1. The Bertz CT molecular complexity index is 758. The van der Waals surface area contributed by atoms with Crippen LogP contribution in [0.2, 0.25) is 0 Å². The van der Waals surface area contributed by atoms with E-state index >= 15 is 0 Å². The standard InChI is InChI=1S/C19H21FN2O3/c1-25-17-7-2-4-14(12-17)19(24)8-10-22(11-9-19)18(23)21-16-6-3-5-15(20)13-16/h2-7,12-13,24H,8-11H2,1H3,(H,21,23). The zero-order valence-corrected chi connectivity index (χ0v) is 14.0. The summed E-state index contributed by atoms with van der Waals surface area (Å²) >= 11 is 0. The maximum Gasteiger partial charge on any atom is 0.321 e. The summed E-state index contributed by atoms with van der Waals surface area (Å²) in [6.07, 6.45) is 0.855. The van der Waals surface area contributed by atoms with Crippen molar-refractivity contribution < 1.29 is 19.0 Å². The second-order valence-electron chi connectivity index (χ2n) is 6.19. The van der Waals surface area contributed by atoms with Crippen LogP contribution < -0.4 is 10.1 Å². The van der Waals surface area contributed by atoms with Crippen LogP contribution in [0.25, 0.3) is 0 Å². The number of methoxy groups -OCH3 is 1. The van der Waals surface area contributed by atoms with Gasteiger partial charge in [-0.1, -0.05) is 18.2 Å². The number of anilines is 1. The summed E-state index contributed by atoms with van der Waals surface area (Å²) in [5, 5.41) is 13.6. The molecule has 0 saturated carbocycles. The SMILES string of the molecule is COc1cccc(C2(O)CCN(C(=O)Nc3cccc(F)c3)CC2)c1.